The van der Waals surface area contributed by atoms with Gasteiger partial charge in [0.1, 0.15) is 12.3 Å². The first-order valence-electron chi connectivity index (χ1n) is 13.6. The molecule has 0 saturated carbocycles. The molecule has 0 fully saturated rings. The van der Waals surface area contributed by atoms with E-state index < -0.39 is 71.8 Å². The Morgan fingerprint density at radius 2 is 1.56 bits per heavy atom. The van der Waals surface area contributed by atoms with Gasteiger partial charge in [-0.15, -0.1) is 0 Å². The van der Waals surface area contributed by atoms with Crippen LogP contribution in [0.15, 0.2) is 83.9 Å². The van der Waals surface area contributed by atoms with Gasteiger partial charge in [-0.2, -0.15) is 0 Å². The highest BCUT2D eigenvalue weighted by atomic mass is 31.2. The first kappa shape index (κ1) is 34.9. The molecule has 9 N–H and O–H groups in total. The van der Waals surface area contributed by atoms with Crippen LogP contribution in [0.2, 0.25) is 0 Å². The normalized spacial score (nSPS) is 15.2. The van der Waals surface area contributed by atoms with Gasteiger partial charge in [-0.05, 0) is 29.5 Å². The number of alkyl carbamates (subject to hydrolysis) is 1. The second-order valence-electron chi connectivity index (χ2n) is 10.4. The fourth-order valence-corrected chi connectivity index (χ4v) is 6.18. The molecule has 15 heteroatoms. The van der Waals surface area contributed by atoms with Gasteiger partial charge in [0.2, 0.25) is 0 Å². The van der Waals surface area contributed by atoms with Crippen LogP contribution in [0.3, 0.4) is 0 Å². The largest absolute Gasteiger partial charge is 0.479 e. The van der Waals surface area contributed by atoms with E-state index in [0.29, 0.717) is 11.1 Å². The van der Waals surface area contributed by atoms with Crippen LogP contribution >= 0.6 is 7.60 Å². The number of amides is 1. The average Bonchev–Trinajstić information content (AvgIpc) is 2.99. The van der Waals surface area contributed by atoms with Crippen molar-refractivity contribution in [3.8, 4) is 0 Å². The molecular formula is C30H35FN5O8P. The van der Waals surface area contributed by atoms with Crippen LogP contribution in [0.5, 0.6) is 0 Å². The predicted octanol–water partition coefficient (Wildman–Crippen LogP) is 3.48. The number of nitrogens with zero attached hydrogens (tertiary/aromatic N) is 1. The summed E-state index contributed by atoms with van der Waals surface area (Å²) in [6.45, 7) is 2.55. The molecule has 0 heterocycles. The highest BCUT2D eigenvalue weighted by Crippen LogP contribution is 2.59. The Morgan fingerprint density at radius 1 is 0.978 bits per heavy atom. The molecule has 0 aromatic heterocycles. The van der Waals surface area contributed by atoms with Gasteiger partial charge in [0, 0.05) is 5.56 Å². The lowest BCUT2D eigenvalue weighted by atomic mass is 9.91. The van der Waals surface area contributed by atoms with E-state index in [-0.39, 0.29) is 13.0 Å². The number of rotatable bonds is 14. The third kappa shape index (κ3) is 8.52. The number of halogens is 1. The summed E-state index contributed by atoms with van der Waals surface area (Å²) in [7, 11) is -5.53. The van der Waals surface area contributed by atoms with Crippen molar-refractivity contribution in [3.05, 3.63) is 101 Å². The van der Waals surface area contributed by atoms with Gasteiger partial charge in [-0.1, -0.05) is 86.6 Å². The Hall–Kier alpha value is -4.62. The highest BCUT2D eigenvalue weighted by Gasteiger charge is 2.58. The van der Waals surface area contributed by atoms with Gasteiger partial charge in [0.25, 0.3) is 0 Å². The molecule has 0 aliphatic heterocycles. The summed E-state index contributed by atoms with van der Waals surface area (Å²) in [5.41, 5.74) is 17.1. The molecule has 1 amide bonds. The van der Waals surface area contributed by atoms with Crippen molar-refractivity contribution in [2.45, 2.75) is 44.3 Å². The summed E-state index contributed by atoms with van der Waals surface area (Å²) in [6.07, 6.45) is -3.61. The summed E-state index contributed by atoms with van der Waals surface area (Å²) < 4.78 is 39.6. The lowest BCUT2D eigenvalue weighted by molar-refractivity contribution is -0.146. The summed E-state index contributed by atoms with van der Waals surface area (Å²) in [5, 5.41) is 9.52. The molecule has 3 rings (SSSR count). The molecule has 45 heavy (non-hydrogen) atoms. The van der Waals surface area contributed by atoms with Crippen LogP contribution < -0.4 is 22.5 Å². The SMILES string of the molecule is CC(C)C(N)(C(=O)C(Cc1ccccc1)NC(=O)OCc1ccccc1)P(=O)(O)OC(C(=O)O)c1cccc(N=C(N)N)c1F. The predicted molar refractivity (Wildman–Crippen MR) is 164 cm³/mol. The van der Waals surface area contributed by atoms with E-state index in [2.05, 4.69) is 10.3 Å². The number of carboxylic acids is 1. The first-order chi connectivity index (χ1) is 21.2. The smallest absolute Gasteiger partial charge is 0.408 e. The lowest BCUT2D eigenvalue weighted by Gasteiger charge is -2.38. The number of guanidine groups is 1. The third-order valence-corrected chi connectivity index (χ3v) is 9.03. The molecule has 4 atom stereocenters. The Kier molecular flexibility index (Phi) is 11.5. The van der Waals surface area contributed by atoms with E-state index in [1.54, 1.807) is 60.7 Å². The summed E-state index contributed by atoms with van der Waals surface area (Å²) in [4.78, 5) is 54.0. The molecule has 3 aromatic rings. The van der Waals surface area contributed by atoms with Crippen molar-refractivity contribution in [2.75, 3.05) is 0 Å². The number of ketones is 1. The van der Waals surface area contributed by atoms with Crippen molar-refractivity contribution >= 4 is 37.1 Å². The zero-order valence-electron chi connectivity index (χ0n) is 24.5. The Morgan fingerprint density at radius 3 is 2.09 bits per heavy atom. The molecule has 0 radical (unpaired) electrons. The number of benzene rings is 3. The first-order valence-corrected chi connectivity index (χ1v) is 15.2. The zero-order chi connectivity index (χ0) is 33.4. The second kappa shape index (κ2) is 14.9. The number of ether oxygens (including phenoxy) is 1. The number of aliphatic carboxylic acids is 1. The van der Waals surface area contributed by atoms with Crippen molar-refractivity contribution in [1.82, 2.24) is 5.32 Å². The van der Waals surface area contributed by atoms with E-state index in [1.165, 1.54) is 19.9 Å². The number of carbonyl (C=O) groups excluding carboxylic acids is 2. The summed E-state index contributed by atoms with van der Waals surface area (Å²) in [5.74, 6) is -5.96. The zero-order valence-corrected chi connectivity index (χ0v) is 25.4. The fraction of sp³-hybridized carbons (Fsp3) is 0.267. The maximum atomic E-state index is 15.2. The quantitative estimate of drug-likeness (QED) is 0.0846. The van der Waals surface area contributed by atoms with E-state index in [4.69, 9.17) is 26.5 Å². The topological polar surface area (TPSA) is 230 Å². The minimum absolute atomic E-state index is 0.136. The summed E-state index contributed by atoms with van der Waals surface area (Å²) in [6, 6.07) is 18.9. The Bertz CT molecular complexity index is 1590. The van der Waals surface area contributed by atoms with Crippen molar-refractivity contribution in [2.24, 2.45) is 28.1 Å². The van der Waals surface area contributed by atoms with Gasteiger partial charge >= 0.3 is 19.7 Å². The van der Waals surface area contributed by atoms with E-state index in [9.17, 15) is 28.9 Å². The van der Waals surface area contributed by atoms with Gasteiger partial charge in [0.15, 0.2) is 28.9 Å². The lowest BCUT2D eigenvalue weighted by Crippen LogP contribution is -2.60. The summed E-state index contributed by atoms with van der Waals surface area (Å²) >= 11 is 0. The molecule has 13 nitrogen and oxygen atoms in total. The van der Waals surface area contributed by atoms with Crippen molar-refractivity contribution < 1.29 is 42.6 Å². The number of hydrogen-bond acceptors (Lipinski definition) is 8. The molecule has 0 aliphatic carbocycles. The van der Waals surface area contributed by atoms with Crippen LogP contribution in [-0.2, 0) is 36.4 Å². The Balaban J connectivity index is 1.99. The van der Waals surface area contributed by atoms with Crippen molar-refractivity contribution in [1.29, 1.82) is 0 Å². The molecular weight excluding hydrogens is 608 g/mol. The molecule has 0 saturated heterocycles. The third-order valence-electron chi connectivity index (χ3n) is 6.86. The molecule has 0 aliphatic rings. The van der Waals surface area contributed by atoms with Crippen LogP contribution in [0.25, 0.3) is 0 Å². The number of nitrogens with two attached hydrogens (primary N) is 3. The number of aliphatic imine (C=N–C) groups is 1. The Labute approximate surface area is 258 Å². The van der Waals surface area contributed by atoms with E-state index >= 15 is 4.39 Å². The molecule has 3 aromatic carbocycles. The molecule has 240 valence electrons. The number of nitrogens with one attached hydrogen (secondary N) is 1. The van der Waals surface area contributed by atoms with E-state index in [1.807, 2.05) is 0 Å². The maximum Gasteiger partial charge on any atom is 0.408 e. The minimum Gasteiger partial charge on any atom is -0.479 e. The van der Waals surface area contributed by atoms with Crippen molar-refractivity contribution in [3.63, 3.8) is 0 Å². The van der Waals surface area contributed by atoms with Crippen LogP contribution in [0.4, 0.5) is 14.9 Å². The molecule has 0 bridgehead atoms. The number of carbonyl (C=O) groups is 3. The van der Waals surface area contributed by atoms with E-state index in [0.717, 1.165) is 12.1 Å². The molecule has 4 unspecified atom stereocenters. The van der Waals surface area contributed by atoms with Crippen LogP contribution in [0, 0.1) is 11.7 Å². The molecule has 0 spiro atoms. The maximum absolute atomic E-state index is 15.2. The minimum atomic E-state index is -5.53. The van der Waals surface area contributed by atoms with Gasteiger partial charge < -0.3 is 37.3 Å². The van der Waals surface area contributed by atoms with Crippen LogP contribution in [0.1, 0.15) is 36.6 Å². The van der Waals surface area contributed by atoms with Crippen LogP contribution in [-0.4, -0.2) is 45.1 Å². The van der Waals surface area contributed by atoms with Gasteiger partial charge in [-0.25, -0.2) is 19.0 Å². The standard InChI is InChI=1S/C30H35FN5O8P/c1-18(2)30(34,45(41,42)44-25(27(38)39)21-14-9-15-22(24(21)31)35-28(32)33)26(37)23(16-19-10-5-3-6-11-19)36-29(40)43-17-20-12-7-4-8-13-20/h3-15,18,23,25H,16-17,34H2,1-2H3,(H,36,40)(H,38,39)(H,41,42)(H4,32,33,35). The monoisotopic (exact) mass is 643 g/mol. The second-order valence-corrected chi connectivity index (χ2v) is 12.3. The van der Waals surface area contributed by atoms with Gasteiger partial charge in [0.05, 0.1) is 6.04 Å². The highest BCUT2D eigenvalue weighted by molar-refractivity contribution is 7.55. The number of carboxylic acid groups (broad SMARTS) is 1. The average molecular weight is 644 g/mol. The number of Topliss-reactive ketones (excluding diaryl/α,β-unsaturated/α-hetero) is 1. The number of hydrogen-bond donors (Lipinski definition) is 6. The fourth-order valence-electron chi connectivity index (χ4n) is 4.43. The van der Waals surface area contributed by atoms with Gasteiger partial charge in [-0.3, -0.25) is 13.9 Å².